The Morgan fingerprint density at radius 2 is 2.00 bits per heavy atom. The van der Waals surface area contributed by atoms with Gasteiger partial charge in [0.05, 0.1) is 0 Å². The molecule has 0 spiro atoms. The normalized spacial score (nSPS) is 10.7. The molecule has 0 fully saturated rings. The summed E-state index contributed by atoms with van der Waals surface area (Å²) in [6, 6.07) is 7.01. The number of rotatable bonds is 4. The number of benzene rings is 2. The summed E-state index contributed by atoms with van der Waals surface area (Å²) >= 11 is 4.79. The minimum atomic E-state index is -0.560. The van der Waals surface area contributed by atoms with Crippen LogP contribution in [0.15, 0.2) is 43.1 Å². The van der Waals surface area contributed by atoms with Crippen molar-refractivity contribution in [2.45, 2.75) is 0 Å². The first-order valence-electron chi connectivity index (χ1n) is 6.70. The van der Waals surface area contributed by atoms with E-state index in [2.05, 4.69) is 11.6 Å². The lowest BCUT2D eigenvalue weighted by Crippen LogP contribution is -2.11. The highest BCUT2D eigenvalue weighted by molar-refractivity contribution is 7.80. The van der Waals surface area contributed by atoms with E-state index in [1.54, 1.807) is 12.3 Å². The number of hydrogen-bond acceptors (Lipinski definition) is 2. The third-order valence-electron chi connectivity index (χ3n) is 3.43. The largest absolute Gasteiger partial charge is 0.454 e. The first-order chi connectivity index (χ1) is 11.0. The van der Waals surface area contributed by atoms with Crippen LogP contribution in [0.1, 0.15) is 11.1 Å². The van der Waals surface area contributed by atoms with Crippen molar-refractivity contribution in [2.75, 3.05) is 0 Å². The van der Waals surface area contributed by atoms with Crippen molar-refractivity contribution in [1.29, 1.82) is 0 Å². The van der Waals surface area contributed by atoms with Crippen molar-refractivity contribution in [3.63, 3.8) is 0 Å². The van der Waals surface area contributed by atoms with Gasteiger partial charge in [-0.3, -0.25) is 0 Å². The van der Waals surface area contributed by atoms with Gasteiger partial charge in [0.15, 0.2) is 11.6 Å². The van der Waals surface area contributed by atoms with E-state index in [0.29, 0.717) is 11.1 Å². The third-order valence-corrected chi connectivity index (χ3v) is 3.65. The molecule has 3 N–H and O–H groups in total. The average Bonchev–Trinajstić information content (AvgIpc) is 2.97. The van der Waals surface area contributed by atoms with E-state index in [1.807, 2.05) is 0 Å². The van der Waals surface area contributed by atoms with Crippen LogP contribution in [0.3, 0.4) is 0 Å². The number of nitrogens with one attached hydrogen (secondary N) is 1. The maximum Gasteiger partial charge on any atom is 0.170 e. The minimum absolute atomic E-state index is 0.00704. The molecule has 1 heterocycles. The average molecular weight is 330 g/mol. The lowest BCUT2D eigenvalue weighted by molar-refractivity contribution is 0.441. The molecule has 3 aromatic rings. The Kier molecular flexibility index (Phi) is 3.83. The van der Waals surface area contributed by atoms with Crippen molar-refractivity contribution >= 4 is 34.2 Å². The monoisotopic (exact) mass is 330 g/mol. The number of halogens is 2. The van der Waals surface area contributed by atoms with Gasteiger partial charge < -0.3 is 15.5 Å². The molecule has 0 aliphatic rings. The fourth-order valence-electron chi connectivity index (χ4n) is 2.36. The van der Waals surface area contributed by atoms with E-state index in [4.69, 9.17) is 22.7 Å². The Morgan fingerprint density at radius 3 is 2.70 bits per heavy atom. The summed E-state index contributed by atoms with van der Waals surface area (Å²) in [5, 5.41) is 0.771. The molecule has 3 rings (SSSR count). The number of H-pyrrole nitrogens is 1. The standard InChI is InChI=1S/C17H12F2N2OS/c1-2-10-11-5-6-21-15(11)8-14(19)16(10)22-9-3-4-13(18)12(7-9)17(20)23/h2-8,21H,1H2,(H2,20,23). The number of nitrogens with two attached hydrogens (primary N) is 1. The summed E-state index contributed by atoms with van der Waals surface area (Å²) in [5.74, 6) is -0.884. The number of fused-ring (bicyclic) bond motifs is 1. The van der Waals surface area contributed by atoms with Gasteiger partial charge in [-0.25, -0.2) is 8.78 Å². The highest BCUT2D eigenvalue weighted by atomic mass is 32.1. The Balaban J connectivity index is 2.11. The lowest BCUT2D eigenvalue weighted by atomic mass is 10.1. The topological polar surface area (TPSA) is 51.0 Å². The molecule has 0 aliphatic carbocycles. The summed E-state index contributed by atoms with van der Waals surface area (Å²) in [6.07, 6.45) is 3.20. The molecule has 0 atom stereocenters. The Bertz CT molecular complexity index is 934. The fourth-order valence-corrected chi connectivity index (χ4v) is 2.52. The SMILES string of the molecule is C=Cc1c(Oc2ccc(F)c(C(N)=S)c2)c(F)cc2[nH]ccc12. The van der Waals surface area contributed by atoms with E-state index in [9.17, 15) is 8.78 Å². The molecule has 2 aromatic carbocycles. The second-order valence-corrected chi connectivity index (χ2v) is 5.29. The maximum atomic E-state index is 14.4. The van der Waals surface area contributed by atoms with Crippen LogP contribution >= 0.6 is 12.2 Å². The molecule has 0 unspecified atom stereocenters. The van der Waals surface area contributed by atoms with Crippen molar-refractivity contribution in [3.8, 4) is 11.5 Å². The van der Waals surface area contributed by atoms with Crippen LogP contribution in [0.5, 0.6) is 11.5 Å². The number of hydrogen-bond donors (Lipinski definition) is 2. The second-order valence-electron chi connectivity index (χ2n) is 4.85. The molecule has 0 radical (unpaired) electrons. The van der Waals surface area contributed by atoms with Crippen LogP contribution in [0.4, 0.5) is 8.78 Å². The van der Waals surface area contributed by atoms with Crippen molar-refractivity contribution < 1.29 is 13.5 Å². The highest BCUT2D eigenvalue weighted by Crippen LogP contribution is 2.35. The maximum absolute atomic E-state index is 14.4. The predicted octanol–water partition coefficient (Wildman–Crippen LogP) is 4.52. The molecule has 6 heteroatoms. The third kappa shape index (κ3) is 2.68. The molecule has 0 amide bonds. The van der Waals surface area contributed by atoms with Gasteiger partial charge in [0.25, 0.3) is 0 Å². The van der Waals surface area contributed by atoms with Crippen LogP contribution in [0.2, 0.25) is 0 Å². The number of aromatic nitrogens is 1. The van der Waals surface area contributed by atoms with Crippen LogP contribution in [0.25, 0.3) is 17.0 Å². The van der Waals surface area contributed by atoms with Crippen LogP contribution in [0, 0.1) is 11.6 Å². The Morgan fingerprint density at radius 1 is 1.22 bits per heavy atom. The van der Waals surface area contributed by atoms with E-state index < -0.39 is 11.6 Å². The van der Waals surface area contributed by atoms with E-state index >= 15 is 0 Å². The minimum Gasteiger partial charge on any atom is -0.454 e. The van der Waals surface area contributed by atoms with Gasteiger partial charge in [-0.2, -0.15) is 0 Å². The Labute approximate surface area is 136 Å². The molecule has 23 heavy (non-hydrogen) atoms. The van der Waals surface area contributed by atoms with Gasteiger partial charge in [-0.15, -0.1) is 0 Å². The molecule has 3 nitrogen and oxygen atoms in total. The van der Waals surface area contributed by atoms with Gasteiger partial charge in [-0.05, 0) is 24.3 Å². The Hall–Kier alpha value is -2.73. The molecule has 0 aliphatic heterocycles. The van der Waals surface area contributed by atoms with Crippen molar-refractivity contribution in [2.24, 2.45) is 5.73 Å². The summed E-state index contributed by atoms with van der Waals surface area (Å²) in [7, 11) is 0. The van der Waals surface area contributed by atoms with Gasteiger partial charge in [-0.1, -0.05) is 24.9 Å². The lowest BCUT2D eigenvalue weighted by Gasteiger charge is -2.12. The summed E-state index contributed by atoms with van der Waals surface area (Å²) in [6.45, 7) is 3.70. The van der Waals surface area contributed by atoms with Crippen LogP contribution in [-0.2, 0) is 0 Å². The predicted molar refractivity (Wildman–Crippen MR) is 90.7 cm³/mol. The number of ether oxygens (including phenoxy) is 1. The summed E-state index contributed by atoms with van der Waals surface area (Å²) < 4.78 is 33.6. The quantitative estimate of drug-likeness (QED) is 0.692. The first kappa shape index (κ1) is 15.2. The molecular weight excluding hydrogens is 318 g/mol. The number of aromatic amines is 1. The van der Waals surface area contributed by atoms with Gasteiger partial charge in [0, 0.05) is 34.3 Å². The zero-order valence-corrected chi connectivity index (χ0v) is 12.7. The zero-order valence-electron chi connectivity index (χ0n) is 11.9. The molecule has 116 valence electrons. The van der Waals surface area contributed by atoms with E-state index in [0.717, 1.165) is 5.39 Å². The van der Waals surface area contributed by atoms with Crippen molar-refractivity contribution in [1.82, 2.24) is 4.98 Å². The number of thiocarbonyl (C=S) groups is 1. The first-order valence-corrected chi connectivity index (χ1v) is 7.11. The van der Waals surface area contributed by atoms with Crippen LogP contribution < -0.4 is 10.5 Å². The zero-order chi connectivity index (χ0) is 16.6. The van der Waals surface area contributed by atoms with Crippen molar-refractivity contribution in [3.05, 3.63) is 65.9 Å². The molecule has 0 bridgehead atoms. The van der Waals surface area contributed by atoms with Crippen LogP contribution in [-0.4, -0.2) is 9.97 Å². The fraction of sp³-hybridized carbons (Fsp3) is 0. The van der Waals surface area contributed by atoms with Gasteiger partial charge in [0.2, 0.25) is 0 Å². The van der Waals surface area contributed by atoms with Gasteiger partial charge >= 0.3 is 0 Å². The smallest absolute Gasteiger partial charge is 0.170 e. The summed E-state index contributed by atoms with van der Waals surface area (Å²) in [4.78, 5) is 2.83. The molecule has 0 saturated carbocycles. The highest BCUT2D eigenvalue weighted by Gasteiger charge is 2.16. The molecule has 1 aromatic heterocycles. The second kappa shape index (κ2) is 5.81. The molecular formula is C17H12F2N2OS. The van der Waals surface area contributed by atoms with E-state index in [-0.39, 0.29) is 22.1 Å². The summed E-state index contributed by atoms with van der Waals surface area (Å²) in [5.41, 5.74) is 6.64. The van der Waals surface area contributed by atoms with Gasteiger partial charge in [0.1, 0.15) is 16.6 Å². The van der Waals surface area contributed by atoms with E-state index in [1.165, 1.54) is 30.3 Å². The molecule has 0 saturated heterocycles.